The van der Waals surface area contributed by atoms with Gasteiger partial charge in [0.05, 0.1) is 16.6 Å². The number of benzene rings is 2. The summed E-state index contributed by atoms with van der Waals surface area (Å²) in [5.74, 6) is -0.510. The van der Waals surface area contributed by atoms with E-state index in [1.165, 1.54) is 4.68 Å². The highest BCUT2D eigenvalue weighted by Gasteiger charge is 2.38. The number of aromatic nitrogens is 3. The van der Waals surface area contributed by atoms with Crippen molar-refractivity contribution in [1.82, 2.24) is 19.9 Å². The van der Waals surface area contributed by atoms with Crippen molar-refractivity contribution in [1.29, 1.82) is 0 Å². The van der Waals surface area contributed by atoms with Crippen molar-refractivity contribution in [3.8, 4) is 0 Å². The van der Waals surface area contributed by atoms with Gasteiger partial charge in [-0.25, -0.2) is 4.68 Å². The van der Waals surface area contributed by atoms with Gasteiger partial charge in [-0.1, -0.05) is 23.8 Å². The first-order chi connectivity index (χ1) is 17.0. The second-order valence-corrected chi connectivity index (χ2v) is 8.90. The fourth-order valence-corrected chi connectivity index (χ4v) is 4.68. The van der Waals surface area contributed by atoms with Crippen molar-refractivity contribution in [2.24, 2.45) is 0 Å². The lowest BCUT2D eigenvalue weighted by Crippen LogP contribution is -2.40. The summed E-state index contributed by atoms with van der Waals surface area (Å²) in [6.07, 6.45) is 3.88. The van der Waals surface area contributed by atoms with E-state index in [0.29, 0.717) is 66.6 Å². The Morgan fingerprint density at radius 2 is 1.94 bits per heavy atom. The first-order valence-electron chi connectivity index (χ1n) is 11.9. The minimum atomic E-state index is -0.426. The Morgan fingerprint density at radius 3 is 2.83 bits per heavy atom. The maximum Gasteiger partial charge on any atom is 0.277 e. The fraction of sp³-hybridized carbons (Fsp3) is 0.360. The highest BCUT2D eigenvalue weighted by atomic mass is 16.2. The summed E-state index contributed by atoms with van der Waals surface area (Å²) in [4.78, 5) is 51.9. The molecular formula is C25H26N6O4. The van der Waals surface area contributed by atoms with Gasteiger partial charge in [0.1, 0.15) is 11.6 Å². The van der Waals surface area contributed by atoms with Crippen LogP contribution in [0.15, 0.2) is 47.3 Å². The third-order valence-electron chi connectivity index (χ3n) is 6.51. The summed E-state index contributed by atoms with van der Waals surface area (Å²) < 4.78 is 1.36. The largest absolute Gasteiger partial charge is 0.327 e. The number of rotatable bonds is 7. The number of carbonyl (C=O) groups is 3. The van der Waals surface area contributed by atoms with Crippen molar-refractivity contribution >= 4 is 40.0 Å². The maximum absolute atomic E-state index is 12.9. The van der Waals surface area contributed by atoms with Crippen LogP contribution in [0, 0.1) is 0 Å². The van der Waals surface area contributed by atoms with Gasteiger partial charge in [0.25, 0.3) is 11.5 Å². The van der Waals surface area contributed by atoms with Gasteiger partial charge < -0.3 is 15.5 Å². The number of nitrogens with zero attached hydrogens (tertiary/aromatic N) is 4. The zero-order valence-electron chi connectivity index (χ0n) is 19.2. The molecule has 3 amide bonds. The number of unbranched alkanes of at least 4 members (excludes halogenated alkanes) is 2. The second-order valence-electron chi connectivity index (χ2n) is 8.90. The van der Waals surface area contributed by atoms with Gasteiger partial charge in [-0.2, -0.15) is 0 Å². The molecule has 180 valence electrons. The van der Waals surface area contributed by atoms with Crippen molar-refractivity contribution in [3.05, 3.63) is 58.4 Å². The molecule has 1 fully saturated rings. The molecule has 0 aliphatic carbocycles. The van der Waals surface area contributed by atoms with Crippen LogP contribution in [0.2, 0.25) is 0 Å². The molecule has 0 bridgehead atoms. The Bertz CT molecular complexity index is 1370. The number of nitrogens with one attached hydrogen (secondary N) is 2. The third kappa shape index (κ3) is 4.64. The minimum absolute atomic E-state index is 0.156. The van der Waals surface area contributed by atoms with E-state index < -0.39 is 6.04 Å². The molecule has 2 aliphatic heterocycles. The SMILES string of the molecule is O=C(CCCCCn1nnc2ccccc2c1=O)Nc1ccc2c(c1)C(=O)N1CCC[C@H]1C(=O)N2. The smallest absolute Gasteiger partial charge is 0.277 e. The van der Waals surface area contributed by atoms with E-state index in [1.807, 2.05) is 6.07 Å². The third-order valence-corrected chi connectivity index (χ3v) is 6.51. The molecule has 1 aromatic heterocycles. The molecule has 35 heavy (non-hydrogen) atoms. The number of fused-ring (bicyclic) bond motifs is 3. The number of carbonyl (C=O) groups excluding carboxylic acids is 3. The van der Waals surface area contributed by atoms with Gasteiger partial charge >= 0.3 is 0 Å². The van der Waals surface area contributed by atoms with Crippen LogP contribution in [-0.4, -0.2) is 50.2 Å². The normalized spacial score (nSPS) is 17.0. The van der Waals surface area contributed by atoms with E-state index in [1.54, 1.807) is 41.3 Å². The Balaban J connectivity index is 1.13. The van der Waals surface area contributed by atoms with E-state index in [-0.39, 0.29) is 23.3 Å². The highest BCUT2D eigenvalue weighted by molar-refractivity contribution is 6.11. The number of amides is 3. The molecule has 10 heteroatoms. The molecule has 3 heterocycles. The van der Waals surface area contributed by atoms with Crippen molar-refractivity contribution in [2.75, 3.05) is 17.2 Å². The predicted molar refractivity (Wildman–Crippen MR) is 130 cm³/mol. The first kappa shape index (κ1) is 22.7. The standard InChI is InChI=1S/C25H26N6O4/c32-22(10-2-1-5-14-31-25(35)17-7-3-4-8-20(17)28-29-31)26-16-11-12-19-18(15-16)24(34)30-13-6-9-21(30)23(33)27-19/h3-4,7-8,11-12,15,21H,1-2,5-6,9-10,13-14H2,(H,26,32)(H,27,33)/t21-/m0/s1. The molecule has 1 atom stereocenters. The Morgan fingerprint density at radius 1 is 1.09 bits per heavy atom. The van der Waals surface area contributed by atoms with Crippen molar-refractivity contribution in [3.63, 3.8) is 0 Å². The summed E-state index contributed by atoms with van der Waals surface area (Å²) in [7, 11) is 0. The lowest BCUT2D eigenvalue weighted by molar-refractivity contribution is -0.119. The van der Waals surface area contributed by atoms with E-state index in [0.717, 1.165) is 12.8 Å². The molecule has 2 aliphatic rings. The number of anilines is 2. The molecule has 0 saturated carbocycles. The number of hydrogen-bond donors (Lipinski definition) is 2. The van der Waals surface area contributed by atoms with Crippen LogP contribution in [0.4, 0.5) is 11.4 Å². The highest BCUT2D eigenvalue weighted by Crippen LogP contribution is 2.30. The maximum atomic E-state index is 12.9. The average Bonchev–Trinajstić information content (AvgIpc) is 3.33. The molecule has 10 nitrogen and oxygen atoms in total. The van der Waals surface area contributed by atoms with Gasteiger partial charge in [-0.05, 0) is 56.0 Å². The molecule has 0 radical (unpaired) electrons. The molecule has 5 rings (SSSR count). The summed E-state index contributed by atoms with van der Waals surface area (Å²) in [5, 5.41) is 14.3. The predicted octanol–water partition coefficient (Wildman–Crippen LogP) is 2.55. The van der Waals surface area contributed by atoms with Gasteiger partial charge in [0.2, 0.25) is 11.8 Å². The van der Waals surface area contributed by atoms with Gasteiger partial charge in [-0.3, -0.25) is 19.2 Å². The molecule has 0 unspecified atom stereocenters. The van der Waals surface area contributed by atoms with Crippen LogP contribution in [0.5, 0.6) is 0 Å². The summed E-state index contributed by atoms with van der Waals surface area (Å²) in [6.45, 7) is 0.998. The molecular weight excluding hydrogens is 448 g/mol. The molecule has 1 saturated heterocycles. The fourth-order valence-electron chi connectivity index (χ4n) is 4.68. The lowest BCUT2D eigenvalue weighted by Gasteiger charge is -2.20. The van der Waals surface area contributed by atoms with Gasteiger partial charge in [0, 0.05) is 25.2 Å². The van der Waals surface area contributed by atoms with Crippen LogP contribution < -0.4 is 16.2 Å². The number of hydrogen-bond acceptors (Lipinski definition) is 6. The minimum Gasteiger partial charge on any atom is -0.327 e. The van der Waals surface area contributed by atoms with E-state index >= 15 is 0 Å². The summed E-state index contributed by atoms with van der Waals surface area (Å²) in [6, 6.07) is 11.7. The van der Waals surface area contributed by atoms with Crippen LogP contribution in [0.1, 0.15) is 48.9 Å². The monoisotopic (exact) mass is 474 g/mol. The zero-order chi connectivity index (χ0) is 24.4. The zero-order valence-corrected chi connectivity index (χ0v) is 19.2. The lowest BCUT2D eigenvalue weighted by atomic mass is 10.1. The van der Waals surface area contributed by atoms with Crippen molar-refractivity contribution < 1.29 is 14.4 Å². The Hall–Kier alpha value is -4.08. The molecule has 2 aromatic carbocycles. The topological polar surface area (TPSA) is 126 Å². The van der Waals surface area contributed by atoms with Gasteiger partial charge in [0.15, 0.2) is 0 Å². The van der Waals surface area contributed by atoms with Crippen molar-refractivity contribution in [2.45, 2.75) is 51.1 Å². The summed E-state index contributed by atoms with van der Waals surface area (Å²) >= 11 is 0. The van der Waals surface area contributed by atoms with Gasteiger partial charge in [-0.15, -0.1) is 5.10 Å². The van der Waals surface area contributed by atoms with Crippen LogP contribution in [0.3, 0.4) is 0 Å². The van der Waals surface area contributed by atoms with E-state index in [2.05, 4.69) is 20.9 Å². The second kappa shape index (κ2) is 9.65. The van der Waals surface area contributed by atoms with E-state index in [9.17, 15) is 19.2 Å². The van der Waals surface area contributed by atoms with Crippen LogP contribution >= 0.6 is 0 Å². The quantitative estimate of drug-likeness (QED) is 0.507. The Labute approximate surface area is 201 Å². The molecule has 3 aromatic rings. The average molecular weight is 475 g/mol. The molecule has 2 N–H and O–H groups in total. The first-order valence-corrected chi connectivity index (χ1v) is 11.9. The van der Waals surface area contributed by atoms with Crippen LogP contribution in [0.25, 0.3) is 10.9 Å². The van der Waals surface area contributed by atoms with Crippen LogP contribution in [-0.2, 0) is 16.1 Å². The summed E-state index contributed by atoms with van der Waals surface area (Å²) in [5.41, 5.74) is 1.80. The van der Waals surface area contributed by atoms with E-state index in [4.69, 9.17) is 0 Å². The number of aryl methyl sites for hydroxylation is 1. The Kier molecular flexibility index (Phi) is 6.26. The molecule has 0 spiro atoms.